The molecule has 0 radical (unpaired) electrons. The molecule has 0 aromatic rings. The molecule has 0 aliphatic carbocycles. The lowest BCUT2D eigenvalue weighted by atomic mass is 10.0. The fraction of sp³-hybridized carbons (Fsp3) is 0.889. The highest BCUT2D eigenvalue weighted by Crippen LogP contribution is 2.10. The molecule has 10 heavy (non-hydrogen) atoms. The summed E-state index contributed by atoms with van der Waals surface area (Å²) in [7, 11) is 0. The maximum absolute atomic E-state index is 10.0. The van der Waals surface area contributed by atoms with Crippen molar-refractivity contribution in [3.63, 3.8) is 0 Å². The first-order valence-electron chi connectivity index (χ1n) is 4.24. The van der Waals surface area contributed by atoms with Gasteiger partial charge in [-0.15, -0.1) is 0 Å². The van der Waals surface area contributed by atoms with E-state index in [0.717, 1.165) is 12.7 Å². The fourth-order valence-electron chi connectivity index (χ4n) is 1.02. The van der Waals surface area contributed by atoms with Crippen molar-refractivity contribution in [1.82, 2.24) is 0 Å². The molecule has 0 aromatic carbocycles. The van der Waals surface area contributed by atoms with E-state index in [1.54, 1.807) is 0 Å². The second-order valence-electron chi connectivity index (χ2n) is 3.00. The summed E-state index contributed by atoms with van der Waals surface area (Å²) in [5.41, 5.74) is 0. The Morgan fingerprint density at radius 2 is 2.10 bits per heavy atom. The molecule has 0 saturated heterocycles. The van der Waals surface area contributed by atoms with E-state index >= 15 is 0 Å². The first kappa shape index (κ1) is 9.67. The van der Waals surface area contributed by atoms with Gasteiger partial charge >= 0.3 is 0 Å². The van der Waals surface area contributed by atoms with Crippen molar-refractivity contribution in [1.29, 1.82) is 0 Å². The zero-order valence-electron chi connectivity index (χ0n) is 7.10. The van der Waals surface area contributed by atoms with Crippen LogP contribution in [0.25, 0.3) is 0 Å². The van der Waals surface area contributed by atoms with E-state index in [-0.39, 0.29) is 0 Å². The van der Waals surface area contributed by atoms with Crippen molar-refractivity contribution in [2.24, 2.45) is 5.92 Å². The lowest BCUT2D eigenvalue weighted by Gasteiger charge is -2.04. The van der Waals surface area contributed by atoms with Crippen molar-refractivity contribution < 1.29 is 4.79 Å². The number of aldehydes is 1. The summed E-state index contributed by atoms with van der Waals surface area (Å²) in [4.78, 5) is 10.0. The normalized spacial score (nSPS) is 13.0. The van der Waals surface area contributed by atoms with E-state index in [2.05, 4.69) is 13.8 Å². The first-order chi connectivity index (χ1) is 4.81. The lowest BCUT2D eigenvalue weighted by Crippen LogP contribution is -1.94. The summed E-state index contributed by atoms with van der Waals surface area (Å²) in [5, 5.41) is 0. The largest absolute Gasteiger partial charge is 0.303 e. The van der Waals surface area contributed by atoms with Gasteiger partial charge in [0.15, 0.2) is 0 Å². The number of unbranched alkanes of at least 4 members (excludes halogenated alkanes) is 2. The minimum Gasteiger partial charge on any atom is -0.303 e. The minimum absolute atomic E-state index is 0.601. The molecule has 0 amide bonds. The smallest absolute Gasteiger partial charge is 0.120 e. The Balaban J connectivity index is 3.04. The van der Waals surface area contributed by atoms with Crippen LogP contribution in [0.4, 0.5) is 0 Å². The molecule has 0 aromatic heterocycles. The van der Waals surface area contributed by atoms with Crippen molar-refractivity contribution in [2.45, 2.75) is 46.0 Å². The van der Waals surface area contributed by atoms with Crippen LogP contribution in [0, 0.1) is 5.92 Å². The van der Waals surface area contributed by atoms with Crippen LogP contribution in [0.3, 0.4) is 0 Å². The topological polar surface area (TPSA) is 17.1 Å². The van der Waals surface area contributed by atoms with Gasteiger partial charge in [-0.2, -0.15) is 0 Å². The highest BCUT2D eigenvalue weighted by atomic mass is 16.1. The Kier molecular flexibility index (Phi) is 6.56. The molecule has 0 bridgehead atoms. The Bertz CT molecular complexity index is 78.8. The predicted octanol–water partition coefficient (Wildman–Crippen LogP) is 2.79. The summed E-state index contributed by atoms with van der Waals surface area (Å²) in [6.45, 7) is 4.34. The minimum atomic E-state index is 0.601. The van der Waals surface area contributed by atoms with Gasteiger partial charge in [0.2, 0.25) is 0 Å². The van der Waals surface area contributed by atoms with Crippen LogP contribution in [-0.2, 0) is 4.79 Å². The summed E-state index contributed by atoms with van der Waals surface area (Å²) in [6.07, 6.45) is 6.84. The Hall–Kier alpha value is -0.330. The summed E-state index contributed by atoms with van der Waals surface area (Å²) >= 11 is 0. The molecular formula is C9H18O. The van der Waals surface area contributed by atoms with Crippen LogP contribution in [-0.4, -0.2) is 6.29 Å². The van der Waals surface area contributed by atoms with Gasteiger partial charge in [0, 0.05) is 6.42 Å². The maximum Gasteiger partial charge on any atom is 0.120 e. The molecular weight excluding hydrogens is 124 g/mol. The molecule has 1 nitrogen and oxygen atoms in total. The molecule has 0 heterocycles. The average Bonchev–Trinajstić information content (AvgIpc) is 1.89. The highest BCUT2D eigenvalue weighted by Gasteiger charge is 1.98. The molecule has 60 valence electrons. The standard InChI is InChI=1S/C9H18O/c1-3-4-5-6-9(2)7-8-10/h8-9H,3-7H2,1-2H3/t9-/m0/s1. The number of carbonyl (C=O) groups excluding carboxylic acids is 1. The molecule has 0 rings (SSSR count). The molecule has 1 atom stereocenters. The van der Waals surface area contributed by atoms with Crippen LogP contribution in [0.2, 0.25) is 0 Å². The average molecular weight is 142 g/mol. The van der Waals surface area contributed by atoms with Gasteiger partial charge in [-0.3, -0.25) is 0 Å². The second-order valence-corrected chi connectivity index (χ2v) is 3.00. The number of hydrogen-bond donors (Lipinski definition) is 0. The van der Waals surface area contributed by atoms with Gasteiger partial charge < -0.3 is 4.79 Å². The van der Waals surface area contributed by atoms with E-state index in [1.165, 1.54) is 25.7 Å². The Morgan fingerprint density at radius 3 is 2.60 bits per heavy atom. The molecule has 0 N–H and O–H groups in total. The summed E-state index contributed by atoms with van der Waals surface area (Å²) in [5.74, 6) is 0.601. The van der Waals surface area contributed by atoms with Crippen LogP contribution in [0.15, 0.2) is 0 Å². The van der Waals surface area contributed by atoms with E-state index in [9.17, 15) is 4.79 Å². The van der Waals surface area contributed by atoms with Gasteiger partial charge in [-0.1, -0.05) is 39.5 Å². The zero-order chi connectivity index (χ0) is 7.82. The molecule has 0 aliphatic heterocycles. The monoisotopic (exact) mass is 142 g/mol. The molecule has 0 saturated carbocycles. The molecule has 0 unspecified atom stereocenters. The lowest BCUT2D eigenvalue weighted by molar-refractivity contribution is -0.108. The predicted molar refractivity (Wildman–Crippen MR) is 44.0 cm³/mol. The van der Waals surface area contributed by atoms with E-state index in [4.69, 9.17) is 0 Å². The van der Waals surface area contributed by atoms with Crippen LogP contribution < -0.4 is 0 Å². The fourth-order valence-corrected chi connectivity index (χ4v) is 1.02. The van der Waals surface area contributed by atoms with Crippen LogP contribution in [0.5, 0.6) is 0 Å². The molecule has 0 spiro atoms. The molecule has 1 heteroatoms. The van der Waals surface area contributed by atoms with E-state index < -0.39 is 0 Å². The highest BCUT2D eigenvalue weighted by molar-refractivity contribution is 5.49. The maximum atomic E-state index is 10.0. The second kappa shape index (κ2) is 6.79. The Morgan fingerprint density at radius 1 is 1.40 bits per heavy atom. The summed E-state index contributed by atoms with van der Waals surface area (Å²) < 4.78 is 0. The van der Waals surface area contributed by atoms with Gasteiger partial charge in [-0.05, 0) is 5.92 Å². The third-order valence-electron chi connectivity index (χ3n) is 1.80. The van der Waals surface area contributed by atoms with Gasteiger partial charge in [-0.25, -0.2) is 0 Å². The van der Waals surface area contributed by atoms with E-state index in [0.29, 0.717) is 5.92 Å². The number of carbonyl (C=O) groups is 1. The summed E-state index contributed by atoms with van der Waals surface area (Å²) in [6, 6.07) is 0. The van der Waals surface area contributed by atoms with Crippen LogP contribution in [0.1, 0.15) is 46.0 Å². The van der Waals surface area contributed by atoms with Crippen molar-refractivity contribution in [3.8, 4) is 0 Å². The third kappa shape index (κ3) is 5.80. The van der Waals surface area contributed by atoms with Gasteiger partial charge in [0.25, 0.3) is 0 Å². The van der Waals surface area contributed by atoms with Gasteiger partial charge in [0.1, 0.15) is 6.29 Å². The van der Waals surface area contributed by atoms with Crippen LogP contribution >= 0.6 is 0 Å². The first-order valence-corrected chi connectivity index (χ1v) is 4.24. The number of hydrogen-bond acceptors (Lipinski definition) is 1. The quantitative estimate of drug-likeness (QED) is 0.411. The van der Waals surface area contributed by atoms with Crippen molar-refractivity contribution in [3.05, 3.63) is 0 Å². The van der Waals surface area contributed by atoms with Gasteiger partial charge in [0.05, 0.1) is 0 Å². The van der Waals surface area contributed by atoms with Crippen molar-refractivity contribution >= 4 is 6.29 Å². The van der Waals surface area contributed by atoms with Crippen molar-refractivity contribution in [2.75, 3.05) is 0 Å². The number of rotatable bonds is 6. The molecule has 0 aliphatic rings. The van der Waals surface area contributed by atoms with E-state index in [1.807, 2.05) is 0 Å². The molecule has 0 fully saturated rings. The zero-order valence-corrected chi connectivity index (χ0v) is 7.10. The third-order valence-corrected chi connectivity index (χ3v) is 1.80. The Labute approximate surface area is 63.8 Å². The SMILES string of the molecule is CCCCC[C@H](C)CC=O.